The molecule has 0 spiro atoms. The van der Waals surface area contributed by atoms with E-state index in [0.717, 1.165) is 25.2 Å². The van der Waals surface area contributed by atoms with Gasteiger partial charge >= 0.3 is 0 Å². The second kappa shape index (κ2) is 6.16. The SMILES string of the molecule is CS(=O)(=O)c1ccc(Cl)c(S(=O)(=O)N(CCC#N)C2CC2)c1. The van der Waals surface area contributed by atoms with E-state index in [9.17, 15) is 16.8 Å². The van der Waals surface area contributed by atoms with Crippen LogP contribution in [-0.4, -0.2) is 40.0 Å². The van der Waals surface area contributed by atoms with Crippen LogP contribution < -0.4 is 0 Å². The summed E-state index contributed by atoms with van der Waals surface area (Å²) in [5.41, 5.74) is 0. The van der Waals surface area contributed by atoms with Gasteiger partial charge in [0.2, 0.25) is 10.0 Å². The Balaban J connectivity index is 2.50. The molecule has 1 aliphatic rings. The van der Waals surface area contributed by atoms with Gasteiger partial charge in [-0.15, -0.1) is 0 Å². The lowest BCUT2D eigenvalue weighted by Crippen LogP contribution is -2.34. The first kappa shape index (κ1) is 17.2. The molecular formula is C13H15ClN2O4S2. The van der Waals surface area contributed by atoms with Crippen molar-refractivity contribution in [2.75, 3.05) is 12.8 Å². The van der Waals surface area contributed by atoms with Crippen molar-refractivity contribution in [3.05, 3.63) is 23.2 Å². The summed E-state index contributed by atoms with van der Waals surface area (Å²) < 4.78 is 50.0. The van der Waals surface area contributed by atoms with Gasteiger partial charge < -0.3 is 0 Å². The maximum Gasteiger partial charge on any atom is 0.244 e. The number of sulfonamides is 1. The molecule has 1 aromatic rings. The quantitative estimate of drug-likeness (QED) is 0.769. The Labute approximate surface area is 135 Å². The molecule has 0 radical (unpaired) electrons. The van der Waals surface area contributed by atoms with Gasteiger partial charge in [0, 0.05) is 25.3 Å². The Hall–Kier alpha value is -1.14. The van der Waals surface area contributed by atoms with Crippen LogP contribution in [0.25, 0.3) is 0 Å². The van der Waals surface area contributed by atoms with Gasteiger partial charge in [0.15, 0.2) is 9.84 Å². The highest BCUT2D eigenvalue weighted by atomic mass is 35.5. The largest absolute Gasteiger partial charge is 0.244 e. The number of nitrogens with zero attached hydrogens (tertiary/aromatic N) is 2. The third-order valence-corrected chi connectivity index (χ3v) is 6.86. The van der Waals surface area contributed by atoms with Crippen LogP contribution in [0.5, 0.6) is 0 Å². The molecule has 0 aromatic heterocycles. The highest BCUT2D eigenvalue weighted by Crippen LogP contribution is 2.35. The monoisotopic (exact) mass is 362 g/mol. The maximum atomic E-state index is 12.8. The normalized spacial score (nSPS) is 15.7. The van der Waals surface area contributed by atoms with Crippen LogP contribution in [0.15, 0.2) is 28.0 Å². The molecule has 0 amide bonds. The molecule has 1 aliphatic carbocycles. The number of benzene rings is 1. The number of hydrogen-bond acceptors (Lipinski definition) is 5. The summed E-state index contributed by atoms with van der Waals surface area (Å²) in [7, 11) is -7.48. The zero-order valence-electron chi connectivity index (χ0n) is 11.9. The maximum absolute atomic E-state index is 12.8. The van der Waals surface area contributed by atoms with Crippen molar-refractivity contribution in [3.63, 3.8) is 0 Å². The van der Waals surface area contributed by atoms with Crippen LogP contribution in [0, 0.1) is 11.3 Å². The fourth-order valence-corrected chi connectivity index (χ4v) is 4.97. The number of halogens is 1. The molecule has 0 N–H and O–H groups in total. The Bertz CT molecular complexity index is 824. The van der Waals surface area contributed by atoms with Gasteiger partial charge in [-0.25, -0.2) is 16.8 Å². The summed E-state index contributed by atoms with van der Waals surface area (Å²) in [5, 5.41) is 8.65. The van der Waals surface area contributed by atoms with Crippen LogP contribution in [0.4, 0.5) is 0 Å². The molecule has 0 unspecified atom stereocenters. The van der Waals surface area contributed by atoms with Gasteiger partial charge in [-0.3, -0.25) is 0 Å². The molecule has 6 nitrogen and oxygen atoms in total. The van der Waals surface area contributed by atoms with E-state index < -0.39 is 19.9 Å². The zero-order valence-corrected chi connectivity index (χ0v) is 14.2. The van der Waals surface area contributed by atoms with Gasteiger partial charge in [0.05, 0.1) is 16.0 Å². The molecule has 0 aliphatic heterocycles. The van der Waals surface area contributed by atoms with Crippen LogP contribution >= 0.6 is 11.6 Å². The first-order chi connectivity index (χ1) is 10.2. The first-order valence-electron chi connectivity index (χ1n) is 6.56. The van der Waals surface area contributed by atoms with E-state index in [1.165, 1.54) is 16.4 Å². The van der Waals surface area contributed by atoms with E-state index in [4.69, 9.17) is 16.9 Å². The van der Waals surface area contributed by atoms with Gasteiger partial charge in [0.25, 0.3) is 0 Å². The predicted molar refractivity (Wildman–Crippen MR) is 81.7 cm³/mol. The molecule has 22 heavy (non-hydrogen) atoms. The second-order valence-electron chi connectivity index (χ2n) is 5.12. The molecule has 9 heteroatoms. The molecule has 0 bridgehead atoms. The Kier molecular flexibility index (Phi) is 4.82. The fraction of sp³-hybridized carbons (Fsp3) is 0.462. The summed E-state index contributed by atoms with van der Waals surface area (Å²) in [5.74, 6) is 0. The highest BCUT2D eigenvalue weighted by molar-refractivity contribution is 7.91. The summed E-state index contributed by atoms with van der Waals surface area (Å²) >= 11 is 5.97. The fourth-order valence-electron chi connectivity index (χ4n) is 2.06. The molecule has 0 heterocycles. The summed E-state index contributed by atoms with van der Waals surface area (Å²) in [4.78, 5) is -0.339. The minimum absolute atomic E-state index is 0.0324. The molecule has 1 fully saturated rings. The zero-order chi connectivity index (χ0) is 16.5. The average Bonchev–Trinajstić information content (AvgIpc) is 3.22. The highest BCUT2D eigenvalue weighted by Gasteiger charge is 2.38. The standard InChI is InChI=1S/C13H15ClN2O4S2/c1-21(17,18)11-5-6-12(14)13(9-11)22(19,20)16(8-2-7-15)10-3-4-10/h5-6,9-10H,2-4,8H2,1H3. The van der Waals surface area contributed by atoms with Crippen molar-refractivity contribution in [1.82, 2.24) is 4.31 Å². The van der Waals surface area contributed by atoms with Gasteiger partial charge in [-0.2, -0.15) is 9.57 Å². The van der Waals surface area contributed by atoms with Crippen molar-refractivity contribution in [2.24, 2.45) is 0 Å². The van der Waals surface area contributed by atoms with E-state index in [-0.39, 0.29) is 33.8 Å². The summed E-state index contributed by atoms with van der Waals surface area (Å²) in [6.45, 7) is 0.0724. The number of hydrogen-bond donors (Lipinski definition) is 0. The van der Waals surface area contributed by atoms with Gasteiger partial charge in [-0.1, -0.05) is 11.6 Å². The van der Waals surface area contributed by atoms with Crippen LogP contribution in [0.2, 0.25) is 5.02 Å². The Morgan fingerprint density at radius 1 is 1.32 bits per heavy atom. The topological polar surface area (TPSA) is 95.3 Å². The average molecular weight is 363 g/mol. The summed E-state index contributed by atoms with van der Waals surface area (Å²) in [6.07, 6.45) is 2.53. The lowest BCUT2D eigenvalue weighted by molar-refractivity contribution is 0.411. The van der Waals surface area contributed by atoms with E-state index in [2.05, 4.69) is 0 Å². The summed E-state index contributed by atoms with van der Waals surface area (Å²) in [6, 6.07) is 5.39. The van der Waals surface area contributed by atoms with E-state index in [1.54, 1.807) is 0 Å². The minimum atomic E-state index is -3.94. The van der Waals surface area contributed by atoms with Crippen LogP contribution in [0.3, 0.4) is 0 Å². The van der Waals surface area contributed by atoms with Crippen molar-refractivity contribution in [1.29, 1.82) is 5.26 Å². The number of rotatable bonds is 6. The van der Waals surface area contributed by atoms with E-state index in [0.29, 0.717) is 0 Å². The van der Waals surface area contributed by atoms with Crippen molar-refractivity contribution in [2.45, 2.75) is 35.1 Å². The molecule has 1 saturated carbocycles. The lowest BCUT2D eigenvalue weighted by atomic mass is 10.4. The molecule has 0 saturated heterocycles. The van der Waals surface area contributed by atoms with E-state index in [1.807, 2.05) is 6.07 Å². The van der Waals surface area contributed by atoms with E-state index >= 15 is 0 Å². The van der Waals surface area contributed by atoms with Crippen molar-refractivity contribution >= 4 is 31.5 Å². The van der Waals surface area contributed by atoms with Gasteiger partial charge in [0.1, 0.15) is 4.90 Å². The molecule has 120 valence electrons. The Morgan fingerprint density at radius 3 is 2.45 bits per heavy atom. The molecule has 1 aromatic carbocycles. The van der Waals surface area contributed by atoms with Crippen molar-refractivity contribution < 1.29 is 16.8 Å². The molecular weight excluding hydrogens is 348 g/mol. The molecule has 2 rings (SSSR count). The minimum Gasteiger partial charge on any atom is -0.224 e. The predicted octanol–water partition coefficient (Wildman–Crippen LogP) is 1.81. The first-order valence-corrected chi connectivity index (χ1v) is 10.3. The van der Waals surface area contributed by atoms with Crippen LogP contribution in [0.1, 0.15) is 19.3 Å². The third kappa shape index (κ3) is 3.60. The van der Waals surface area contributed by atoms with Gasteiger partial charge in [-0.05, 0) is 31.0 Å². The third-order valence-electron chi connectivity index (χ3n) is 3.32. The van der Waals surface area contributed by atoms with Crippen molar-refractivity contribution in [3.8, 4) is 6.07 Å². The smallest absolute Gasteiger partial charge is 0.224 e. The number of sulfone groups is 1. The second-order valence-corrected chi connectivity index (χ2v) is 9.40. The Morgan fingerprint density at radius 2 is 1.95 bits per heavy atom. The van der Waals surface area contributed by atoms with Crippen LogP contribution in [-0.2, 0) is 19.9 Å². The lowest BCUT2D eigenvalue weighted by Gasteiger charge is -2.21. The number of nitriles is 1. The molecule has 0 atom stereocenters.